The zero-order valence-corrected chi connectivity index (χ0v) is 10.3. The number of hydrogen-bond donors (Lipinski definition) is 1. The summed E-state index contributed by atoms with van der Waals surface area (Å²) in [5.41, 5.74) is 0.803. The molecule has 1 fully saturated rings. The molecule has 18 heavy (non-hydrogen) atoms. The fourth-order valence-electron chi connectivity index (χ4n) is 2.32. The van der Waals surface area contributed by atoms with Crippen molar-refractivity contribution in [3.05, 3.63) is 29.8 Å². The summed E-state index contributed by atoms with van der Waals surface area (Å²) in [6.07, 6.45) is 0. The quantitative estimate of drug-likeness (QED) is 0.827. The summed E-state index contributed by atoms with van der Waals surface area (Å²) in [5.74, 6) is 1.33. The molecule has 0 amide bonds. The van der Waals surface area contributed by atoms with Gasteiger partial charge in [0.25, 0.3) is 0 Å². The van der Waals surface area contributed by atoms with Gasteiger partial charge in [-0.1, -0.05) is 0 Å². The molecule has 5 heteroatoms. The summed E-state index contributed by atoms with van der Waals surface area (Å²) < 4.78 is 13.4. The van der Waals surface area contributed by atoms with E-state index in [-0.39, 0.29) is 5.82 Å². The van der Waals surface area contributed by atoms with Crippen LogP contribution in [0.3, 0.4) is 0 Å². The van der Waals surface area contributed by atoms with E-state index in [1.54, 1.807) is 6.07 Å². The maximum Gasteiger partial charge on any atom is 0.140 e. The summed E-state index contributed by atoms with van der Waals surface area (Å²) in [5, 5.41) is 4.09. The Bertz CT molecular complexity index is 578. The molecule has 0 bridgehead atoms. The highest BCUT2D eigenvalue weighted by Crippen LogP contribution is 2.24. The van der Waals surface area contributed by atoms with E-state index in [0.29, 0.717) is 0 Å². The molecular weight excluding hydrogens is 231 g/mol. The standard InChI is InChI=1S/C13H15FN4/c1-9-16-12-3-2-10(14)8-11(12)13(17-9)18-6-4-15-5-7-18/h2-3,8,15H,4-7H2,1H3. The number of rotatable bonds is 1. The predicted molar refractivity (Wildman–Crippen MR) is 69.3 cm³/mol. The first-order valence-electron chi connectivity index (χ1n) is 6.13. The van der Waals surface area contributed by atoms with E-state index in [0.717, 1.165) is 48.7 Å². The first kappa shape index (κ1) is 11.3. The van der Waals surface area contributed by atoms with E-state index >= 15 is 0 Å². The Kier molecular flexibility index (Phi) is 2.83. The Labute approximate surface area is 105 Å². The third kappa shape index (κ3) is 2.01. The van der Waals surface area contributed by atoms with E-state index < -0.39 is 0 Å². The van der Waals surface area contributed by atoms with Crippen LogP contribution in [0.4, 0.5) is 10.2 Å². The molecule has 0 aliphatic carbocycles. The minimum absolute atomic E-state index is 0.244. The Morgan fingerprint density at radius 1 is 1.22 bits per heavy atom. The van der Waals surface area contributed by atoms with Crippen molar-refractivity contribution in [3.63, 3.8) is 0 Å². The van der Waals surface area contributed by atoms with Gasteiger partial charge in [-0.25, -0.2) is 14.4 Å². The zero-order valence-electron chi connectivity index (χ0n) is 10.3. The van der Waals surface area contributed by atoms with Crippen molar-refractivity contribution in [3.8, 4) is 0 Å². The van der Waals surface area contributed by atoms with Crippen molar-refractivity contribution in [2.24, 2.45) is 0 Å². The summed E-state index contributed by atoms with van der Waals surface area (Å²) in [6.45, 7) is 5.51. The van der Waals surface area contributed by atoms with Gasteiger partial charge in [-0.15, -0.1) is 0 Å². The first-order valence-corrected chi connectivity index (χ1v) is 6.13. The van der Waals surface area contributed by atoms with E-state index in [2.05, 4.69) is 20.2 Å². The summed E-state index contributed by atoms with van der Waals surface area (Å²) in [6, 6.07) is 4.67. The van der Waals surface area contributed by atoms with Gasteiger partial charge in [0.2, 0.25) is 0 Å². The second kappa shape index (κ2) is 4.49. The van der Waals surface area contributed by atoms with Gasteiger partial charge in [0.15, 0.2) is 0 Å². The summed E-state index contributed by atoms with van der Waals surface area (Å²) >= 11 is 0. The van der Waals surface area contributed by atoms with Gasteiger partial charge >= 0.3 is 0 Å². The summed E-state index contributed by atoms with van der Waals surface area (Å²) in [7, 11) is 0. The Balaban J connectivity index is 2.16. The largest absolute Gasteiger partial charge is 0.353 e. The van der Waals surface area contributed by atoms with Crippen LogP contribution < -0.4 is 10.2 Å². The van der Waals surface area contributed by atoms with E-state index in [1.807, 2.05) is 6.92 Å². The highest BCUT2D eigenvalue weighted by molar-refractivity contribution is 5.89. The van der Waals surface area contributed by atoms with Crippen LogP contribution in [0.5, 0.6) is 0 Å². The molecule has 4 nitrogen and oxygen atoms in total. The molecular formula is C13H15FN4. The molecule has 0 atom stereocenters. The first-order chi connectivity index (χ1) is 8.74. The molecule has 1 N–H and O–H groups in total. The molecule has 1 aromatic heterocycles. The molecule has 94 valence electrons. The fourth-order valence-corrected chi connectivity index (χ4v) is 2.32. The Hall–Kier alpha value is -1.75. The van der Waals surface area contributed by atoms with Crippen molar-refractivity contribution < 1.29 is 4.39 Å². The van der Waals surface area contributed by atoms with Crippen LogP contribution >= 0.6 is 0 Å². The van der Waals surface area contributed by atoms with Gasteiger partial charge in [0.05, 0.1) is 5.52 Å². The predicted octanol–water partition coefficient (Wildman–Crippen LogP) is 1.49. The number of hydrogen-bond acceptors (Lipinski definition) is 4. The third-order valence-corrected chi connectivity index (χ3v) is 3.17. The summed E-state index contributed by atoms with van der Waals surface area (Å²) in [4.78, 5) is 11.0. The molecule has 2 aromatic rings. The van der Waals surface area contributed by atoms with E-state index in [1.165, 1.54) is 12.1 Å². The number of fused-ring (bicyclic) bond motifs is 1. The molecule has 1 aliphatic rings. The highest BCUT2D eigenvalue weighted by atomic mass is 19.1. The van der Waals surface area contributed by atoms with Crippen LogP contribution in [0, 0.1) is 12.7 Å². The molecule has 0 radical (unpaired) electrons. The average molecular weight is 246 g/mol. The molecule has 0 spiro atoms. The van der Waals surface area contributed by atoms with Crippen molar-refractivity contribution in [1.29, 1.82) is 0 Å². The molecule has 2 heterocycles. The van der Waals surface area contributed by atoms with Crippen LogP contribution in [0.2, 0.25) is 0 Å². The minimum atomic E-state index is -0.244. The van der Waals surface area contributed by atoms with Crippen LogP contribution in [0.15, 0.2) is 18.2 Å². The minimum Gasteiger partial charge on any atom is -0.353 e. The second-order valence-corrected chi connectivity index (χ2v) is 4.49. The lowest BCUT2D eigenvalue weighted by atomic mass is 10.2. The number of aromatic nitrogens is 2. The molecule has 0 unspecified atom stereocenters. The number of nitrogens with one attached hydrogen (secondary N) is 1. The van der Waals surface area contributed by atoms with Crippen molar-refractivity contribution >= 4 is 16.7 Å². The van der Waals surface area contributed by atoms with Crippen LogP contribution in [0.25, 0.3) is 10.9 Å². The van der Waals surface area contributed by atoms with Gasteiger partial charge in [0, 0.05) is 31.6 Å². The highest BCUT2D eigenvalue weighted by Gasteiger charge is 2.16. The van der Waals surface area contributed by atoms with Gasteiger partial charge < -0.3 is 10.2 Å². The molecule has 1 aliphatic heterocycles. The van der Waals surface area contributed by atoms with Crippen LogP contribution in [0.1, 0.15) is 5.82 Å². The number of piperazine rings is 1. The molecule has 3 rings (SSSR count). The average Bonchev–Trinajstić information content (AvgIpc) is 2.39. The number of benzene rings is 1. The Morgan fingerprint density at radius 2 is 2.00 bits per heavy atom. The second-order valence-electron chi connectivity index (χ2n) is 4.49. The molecule has 1 aromatic carbocycles. The number of halogens is 1. The fraction of sp³-hybridized carbons (Fsp3) is 0.385. The lowest BCUT2D eigenvalue weighted by molar-refractivity contribution is 0.585. The normalized spacial score (nSPS) is 16.2. The number of nitrogens with zero attached hydrogens (tertiary/aromatic N) is 3. The third-order valence-electron chi connectivity index (χ3n) is 3.17. The Morgan fingerprint density at radius 3 is 2.78 bits per heavy atom. The van der Waals surface area contributed by atoms with Crippen molar-refractivity contribution in [1.82, 2.24) is 15.3 Å². The lowest BCUT2D eigenvalue weighted by Crippen LogP contribution is -2.44. The maximum absolute atomic E-state index is 13.4. The van der Waals surface area contributed by atoms with E-state index in [4.69, 9.17) is 0 Å². The van der Waals surface area contributed by atoms with E-state index in [9.17, 15) is 4.39 Å². The smallest absolute Gasteiger partial charge is 0.140 e. The molecule has 1 saturated heterocycles. The maximum atomic E-state index is 13.4. The van der Waals surface area contributed by atoms with Crippen molar-refractivity contribution in [2.45, 2.75) is 6.92 Å². The number of aryl methyl sites for hydroxylation is 1. The van der Waals surface area contributed by atoms with Gasteiger partial charge in [0.1, 0.15) is 17.5 Å². The zero-order chi connectivity index (χ0) is 12.5. The molecule has 0 saturated carbocycles. The van der Waals surface area contributed by atoms with Crippen molar-refractivity contribution in [2.75, 3.05) is 31.1 Å². The number of anilines is 1. The monoisotopic (exact) mass is 246 g/mol. The van der Waals surface area contributed by atoms with Gasteiger partial charge in [-0.05, 0) is 25.1 Å². The van der Waals surface area contributed by atoms with Gasteiger partial charge in [-0.2, -0.15) is 0 Å². The van der Waals surface area contributed by atoms with Crippen LogP contribution in [-0.2, 0) is 0 Å². The van der Waals surface area contributed by atoms with Crippen LogP contribution in [-0.4, -0.2) is 36.1 Å². The lowest BCUT2D eigenvalue weighted by Gasteiger charge is -2.29. The topological polar surface area (TPSA) is 41.1 Å². The van der Waals surface area contributed by atoms with Gasteiger partial charge in [-0.3, -0.25) is 0 Å². The SMILES string of the molecule is Cc1nc(N2CCNCC2)c2cc(F)ccc2n1.